The minimum Gasteiger partial charge on any atom is -0.393 e. The van der Waals surface area contributed by atoms with E-state index in [-0.39, 0.29) is 41.2 Å². The highest BCUT2D eigenvalue weighted by Gasteiger charge is 2.62. The lowest BCUT2D eigenvalue weighted by molar-refractivity contribution is -0.174. The van der Waals surface area contributed by atoms with Crippen LogP contribution in [0, 0.1) is 46.3 Å². The first kappa shape index (κ1) is 26.4. The summed E-state index contributed by atoms with van der Waals surface area (Å²) in [5, 5.41) is 24.4. The molecule has 196 valence electrons. The number of hydrogen-bond acceptors (Lipinski definition) is 5. The maximum atomic E-state index is 12.3. The average Bonchev–Trinajstić information content (AvgIpc) is 3.09. The van der Waals surface area contributed by atoms with Crippen molar-refractivity contribution in [2.45, 2.75) is 97.2 Å². The fraction of sp³-hybridized carbons (Fsp3) is 0.963. The molecule has 4 rings (SSSR count). The van der Waals surface area contributed by atoms with Gasteiger partial charge >= 0.3 is 0 Å². The van der Waals surface area contributed by atoms with E-state index in [1.54, 1.807) is 0 Å². The number of aliphatic hydroxyl groups excluding tert-OH is 2. The summed E-state index contributed by atoms with van der Waals surface area (Å²) in [6.45, 7) is 7.38. The molecule has 4 aliphatic carbocycles. The number of carbonyl (C=O) groups excluding carboxylic acids is 1. The van der Waals surface area contributed by atoms with Gasteiger partial charge in [0.2, 0.25) is 5.91 Å². The Kier molecular flexibility index (Phi) is 7.50. The third-order valence-corrected chi connectivity index (χ3v) is 12.0. The summed E-state index contributed by atoms with van der Waals surface area (Å²) in [5.41, 5.74) is 0.462. The van der Waals surface area contributed by atoms with E-state index in [0.717, 1.165) is 32.1 Å². The van der Waals surface area contributed by atoms with Crippen molar-refractivity contribution >= 4 is 15.7 Å². The lowest BCUT2D eigenvalue weighted by Gasteiger charge is -2.62. The van der Waals surface area contributed by atoms with Crippen LogP contribution in [-0.2, 0) is 14.6 Å². The molecule has 4 aliphatic rings. The monoisotopic (exact) mass is 497 g/mol. The summed E-state index contributed by atoms with van der Waals surface area (Å²) in [7, 11) is -3.06. The van der Waals surface area contributed by atoms with Gasteiger partial charge in [-0.1, -0.05) is 20.8 Å². The molecule has 0 aromatic heterocycles. The van der Waals surface area contributed by atoms with E-state index < -0.39 is 9.84 Å². The van der Waals surface area contributed by atoms with E-state index in [1.165, 1.54) is 31.9 Å². The SMILES string of the molecule is CC(CCC(=O)NCCS(C)(=O)=O)C1CCC2C3C(O)CC4CC(O)CCC4(C)C3CCC12C. The van der Waals surface area contributed by atoms with Gasteiger partial charge in [-0.05, 0) is 104 Å². The van der Waals surface area contributed by atoms with Crippen molar-refractivity contribution in [3.63, 3.8) is 0 Å². The maximum absolute atomic E-state index is 12.3. The summed E-state index contributed by atoms with van der Waals surface area (Å²) in [6.07, 6.45) is 10.4. The number of aliphatic hydroxyl groups is 2. The number of hydrogen-bond donors (Lipinski definition) is 3. The van der Waals surface area contributed by atoms with Gasteiger partial charge in [0, 0.05) is 19.2 Å². The molecule has 4 saturated carbocycles. The number of carbonyl (C=O) groups is 1. The zero-order valence-electron chi connectivity index (χ0n) is 21.6. The molecule has 10 unspecified atom stereocenters. The van der Waals surface area contributed by atoms with Gasteiger partial charge in [-0.3, -0.25) is 4.79 Å². The first-order chi connectivity index (χ1) is 15.8. The van der Waals surface area contributed by atoms with E-state index in [9.17, 15) is 23.4 Å². The fourth-order valence-corrected chi connectivity index (χ4v) is 9.67. The highest BCUT2D eigenvalue weighted by molar-refractivity contribution is 7.90. The lowest BCUT2D eigenvalue weighted by Crippen LogP contribution is -2.58. The summed E-state index contributed by atoms with van der Waals surface area (Å²) < 4.78 is 22.6. The number of amides is 1. The highest BCUT2D eigenvalue weighted by atomic mass is 32.2. The van der Waals surface area contributed by atoms with Gasteiger partial charge in [0.1, 0.15) is 9.84 Å². The van der Waals surface area contributed by atoms with E-state index in [0.29, 0.717) is 41.9 Å². The third kappa shape index (κ3) is 4.95. The molecule has 0 radical (unpaired) electrons. The van der Waals surface area contributed by atoms with E-state index >= 15 is 0 Å². The van der Waals surface area contributed by atoms with Crippen LogP contribution < -0.4 is 5.32 Å². The fourth-order valence-electron chi connectivity index (χ4n) is 9.20. The minimum absolute atomic E-state index is 0.0136. The van der Waals surface area contributed by atoms with Crippen molar-refractivity contribution in [2.24, 2.45) is 46.3 Å². The Labute approximate surface area is 206 Å². The van der Waals surface area contributed by atoms with Crippen molar-refractivity contribution in [1.82, 2.24) is 5.32 Å². The predicted octanol–water partition coefficient (Wildman–Crippen LogP) is 3.55. The number of nitrogens with one attached hydrogen (secondary N) is 1. The quantitative estimate of drug-likeness (QED) is 0.499. The van der Waals surface area contributed by atoms with Gasteiger partial charge in [-0.25, -0.2) is 8.42 Å². The Hall–Kier alpha value is -0.660. The van der Waals surface area contributed by atoms with Crippen molar-refractivity contribution in [1.29, 1.82) is 0 Å². The molecule has 3 N–H and O–H groups in total. The molecule has 0 heterocycles. The number of rotatable bonds is 7. The van der Waals surface area contributed by atoms with Gasteiger partial charge < -0.3 is 15.5 Å². The highest BCUT2D eigenvalue weighted by Crippen LogP contribution is 2.68. The van der Waals surface area contributed by atoms with E-state index in [4.69, 9.17) is 0 Å². The molecule has 4 fully saturated rings. The van der Waals surface area contributed by atoms with Crippen LogP contribution in [0.15, 0.2) is 0 Å². The molecular formula is C27H47NO5S. The summed E-state index contributed by atoms with van der Waals surface area (Å²) >= 11 is 0. The zero-order valence-corrected chi connectivity index (χ0v) is 22.4. The van der Waals surface area contributed by atoms with Gasteiger partial charge in [0.05, 0.1) is 18.0 Å². The summed E-state index contributed by atoms with van der Waals surface area (Å²) in [5.74, 6) is 2.83. The molecular weight excluding hydrogens is 450 g/mol. The Balaban J connectivity index is 1.39. The van der Waals surface area contributed by atoms with Gasteiger partial charge in [0.25, 0.3) is 0 Å². The van der Waals surface area contributed by atoms with E-state index in [2.05, 4.69) is 26.1 Å². The van der Waals surface area contributed by atoms with Crippen molar-refractivity contribution in [3.8, 4) is 0 Å². The second kappa shape index (κ2) is 9.66. The molecule has 0 spiro atoms. The first-order valence-electron chi connectivity index (χ1n) is 13.7. The molecule has 6 nitrogen and oxygen atoms in total. The maximum Gasteiger partial charge on any atom is 0.220 e. The summed E-state index contributed by atoms with van der Waals surface area (Å²) in [6, 6.07) is 0. The lowest BCUT2D eigenvalue weighted by atomic mass is 9.43. The van der Waals surface area contributed by atoms with Crippen LogP contribution in [0.25, 0.3) is 0 Å². The predicted molar refractivity (Wildman–Crippen MR) is 134 cm³/mol. The minimum atomic E-state index is -3.06. The van der Waals surface area contributed by atoms with E-state index in [1.807, 2.05) is 0 Å². The van der Waals surface area contributed by atoms with Crippen LogP contribution in [0.3, 0.4) is 0 Å². The van der Waals surface area contributed by atoms with Crippen LogP contribution in [0.4, 0.5) is 0 Å². The number of fused-ring (bicyclic) bond motifs is 5. The Morgan fingerprint density at radius 2 is 1.71 bits per heavy atom. The average molecular weight is 498 g/mol. The number of sulfone groups is 1. The topological polar surface area (TPSA) is 104 Å². The normalized spacial score (nSPS) is 45.1. The first-order valence-corrected chi connectivity index (χ1v) is 15.7. The van der Waals surface area contributed by atoms with Crippen molar-refractivity contribution in [3.05, 3.63) is 0 Å². The van der Waals surface area contributed by atoms with Crippen molar-refractivity contribution < 1.29 is 23.4 Å². The van der Waals surface area contributed by atoms with Crippen molar-refractivity contribution in [2.75, 3.05) is 18.6 Å². The smallest absolute Gasteiger partial charge is 0.220 e. The van der Waals surface area contributed by atoms with Gasteiger partial charge in [-0.15, -0.1) is 0 Å². The molecule has 10 atom stereocenters. The molecule has 0 bridgehead atoms. The third-order valence-electron chi connectivity index (χ3n) is 11.0. The van der Waals surface area contributed by atoms with Crippen LogP contribution in [0.1, 0.15) is 85.0 Å². The zero-order chi connectivity index (χ0) is 24.9. The standard InChI is InChI=1S/C27H47NO5S/c1-17(5-8-24(31)28-13-14-34(4,32)33)20-6-7-21-25-22(10-12-27(20,21)3)26(2)11-9-19(29)15-18(26)16-23(25)30/h17-23,25,29-30H,5-16H2,1-4H3,(H,28,31). The Bertz CT molecular complexity index is 861. The van der Waals surface area contributed by atoms with Gasteiger partial charge in [0.15, 0.2) is 0 Å². The van der Waals surface area contributed by atoms with Crippen LogP contribution in [-0.4, -0.2) is 55.3 Å². The summed E-state index contributed by atoms with van der Waals surface area (Å²) in [4.78, 5) is 12.3. The van der Waals surface area contributed by atoms with Crippen LogP contribution in [0.5, 0.6) is 0 Å². The largest absolute Gasteiger partial charge is 0.393 e. The molecule has 1 amide bonds. The molecule has 0 saturated heterocycles. The Morgan fingerprint density at radius 1 is 1.03 bits per heavy atom. The molecule has 34 heavy (non-hydrogen) atoms. The second-order valence-corrected chi connectivity index (χ2v) is 15.2. The van der Waals surface area contributed by atoms with Crippen LogP contribution >= 0.6 is 0 Å². The molecule has 7 heteroatoms. The molecule has 0 aliphatic heterocycles. The van der Waals surface area contributed by atoms with Gasteiger partial charge in [-0.2, -0.15) is 0 Å². The molecule has 0 aromatic rings. The second-order valence-electron chi connectivity index (χ2n) is 12.9. The Morgan fingerprint density at radius 3 is 2.41 bits per heavy atom. The van der Waals surface area contributed by atoms with Crippen LogP contribution in [0.2, 0.25) is 0 Å². The molecule has 0 aromatic carbocycles.